The van der Waals surface area contributed by atoms with Gasteiger partial charge in [0.2, 0.25) is 0 Å². The molecule has 0 saturated heterocycles. The number of carbonyl (C=O) groups excluding carboxylic acids is 1. The molecule has 7 nitrogen and oxygen atoms in total. The smallest absolute Gasteiger partial charge is 0.274 e. The molecule has 0 bridgehead atoms. The van der Waals surface area contributed by atoms with Gasteiger partial charge in [-0.15, -0.1) is 5.10 Å². The van der Waals surface area contributed by atoms with Crippen LogP contribution in [0.4, 0.5) is 4.39 Å². The van der Waals surface area contributed by atoms with Crippen LogP contribution < -0.4 is 10.1 Å². The molecule has 8 heteroatoms. The zero-order valence-electron chi connectivity index (χ0n) is 16.1. The van der Waals surface area contributed by atoms with E-state index in [4.69, 9.17) is 4.74 Å². The van der Waals surface area contributed by atoms with Crippen molar-refractivity contribution in [3.8, 4) is 22.7 Å². The molecule has 0 saturated carbocycles. The zero-order valence-corrected chi connectivity index (χ0v) is 16.1. The first-order valence-corrected chi connectivity index (χ1v) is 9.19. The van der Waals surface area contributed by atoms with E-state index in [1.807, 2.05) is 18.2 Å². The number of hydrogen-bond acceptors (Lipinski definition) is 5. The lowest BCUT2D eigenvalue weighted by Crippen LogP contribution is -2.24. The Morgan fingerprint density at radius 3 is 2.53 bits per heavy atom. The van der Waals surface area contributed by atoms with Crippen molar-refractivity contribution in [3.63, 3.8) is 0 Å². The molecular formula is C22H18FN5O2. The fourth-order valence-electron chi connectivity index (χ4n) is 2.97. The predicted molar refractivity (Wildman–Crippen MR) is 109 cm³/mol. The van der Waals surface area contributed by atoms with Crippen molar-refractivity contribution in [3.05, 3.63) is 90.1 Å². The first-order valence-electron chi connectivity index (χ1n) is 9.19. The Bertz CT molecular complexity index is 1140. The molecule has 2 aromatic heterocycles. The van der Waals surface area contributed by atoms with Gasteiger partial charge in [0.1, 0.15) is 17.3 Å². The van der Waals surface area contributed by atoms with Crippen molar-refractivity contribution in [2.75, 3.05) is 7.11 Å². The van der Waals surface area contributed by atoms with Crippen molar-refractivity contribution in [1.29, 1.82) is 0 Å². The Kier molecular flexibility index (Phi) is 5.47. The third-order valence-corrected chi connectivity index (χ3v) is 4.50. The van der Waals surface area contributed by atoms with E-state index in [-0.39, 0.29) is 18.1 Å². The van der Waals surface area contributed by atoms with E-state index in [0.717, 1.165) is 11.3 Å². The maximum atomic E-state index is 13.1. The summed E-state index contributed by atoms with van der Waals surface area (Å²) in [5.41, 5.74) is 2.88. The van der Waals surface area contributed by atoms with Crippen LogP contribution in [0.1, 0.15) is 16.1 Å². The highest BCUT2D eigenvalue weighted by molar-refractivity contribution is 5.98. The summed E-state index contributed by atoms with van der Waals surface area (Å²) in [6, 6.07) is 16.8. The number of methoxy groups -OCH3 is 1. The number of benzene rings is 2. The summed E-state index contributed by atoms with van der Waals surface area (Å²) in [7, 11) is 1.59. The Balaban J connectivity index is 1.67. The van der Waals surface area contributed by atoms with Gasteiger partial charge in [-0.1, -0.05) is 17.3 Å². The van der Waals surface area contributed by atoms with E-state index >= 15 is 0 Å². The average molecular weight is 403 g/mol. The van der Waals surface area contributed by atoms with Crippen LogP contribution in [-0.4, -0.2) is 33.0 Å². The molecule has 0 spiro atoms. The highest BCUT2D eigenvalue weighted by Gasteiger charge is 2.22. The van der Waals surface area contributed by atoms with E-state index in [0.29, 0.717) is 17.0 Å². The molecule has 150 valence electrons. The van der Waals surface area contributed by atoms with E-state index in [1.165, 1.54) is 12.1 Å². The van der Waals surface area contributed by atoms with Crippen LogP contribution in [-0.2, 0) is 6.54 Å². The van der Waals surface area contributed by atoms with Crippen LogP contribution in [0.25, 0.3) is 16.9 Å². The Hall–Kier alpha value is -4.07. The van der Waals surface area contributed by atoms with E-state index < -0.39 is 5.91 Å². The van der Waals surface area contributed by atoms with Gasteiger partial charge in [0.05, 0.1) is 12.8 Å². The van der Waals surface area contributed by atoms with Crippen LogP contribution >= 0.6 is 0 Å². The molecule has 2 heterocycles. The van der Waals surface area contributed by atoms with Crippen LogP contribution in [0.2, 0.25) is 0 Å². The van der Waals surface area contributed by atoms with Crippen LogP contribution in [0.5, 0.6) is 5.75 Å². The van der Waals surface area contributed by atoms with Crippen LogP contribution in [0.15, 0.2) is 73.1 Å². The molecule has 0 aliphatic rings. The summed E-state index contributed by atoms with van der Waals surface area (Å²) in [6.07, 6.45) is 3.30. The zero-order chi connectivity index (χ0) is 20.9. The SMILES string of the molecule is COc1ccc(-n2nnc(C(=O)NCc3ccc(F)cc3)c2-c2cccnc2)cc1. The molecule has 0 radical (unpaired) electrons. The molecule has 4 rings (SSSR count). The third kappa shape index (κ3) is 4.02. The van der Waals surface area contributed by atoms with Crippen LogP contribution in [0, 0.1) is 5.82 Å². The maximum absolute atomic E-state index is 13.1. The molecule has 1 N–H and O–H groups in total. The van der Waals surface area contributed by atoms with Gasteiger partial charge in [0, 0.05) is 24.5 Å². The van der Waals surface area contributed by atoms with E-state index in [9.17, 15) is 9.18 Å². The van der Waals surface area contributed by atoms with Gasteiger partial charge >= 0.3 is 0 Å². The first kappa shape index (κ1) is 19.3. The van der Waals surface area contributed by atoms with Crippen molar-refractivity contribution in [1.82, 2.24) is 25.3 Å². The maximum Gasteiger partial charge on any atom is 0.274 e. The predicted octanol–water partition coefficient (Wildman–Crippen LogP) is 3.41. The summed E-state index contributed by atoms with van der Waals surface area (Å²) in [6.45, 7) is 0.237. The summed E-state index contributed by atoms with van der Waals surface area (Å²) in [5.74, 6) is -0.0108. The number of ether oxygens (including phenoxy) is 1. The van der Waals surface area contributed by atoms with Crippen LogP contribution in [0.3, 0.4) is 0 Å². The molecule has 0 atom stereocenters. The topological polar surface area (TPSA) is 81.9 Å². The number of nitrogens with zero attached hydrogens (tertiary/aromatic N) is 4. The monoisotopic (exact) mass is 403 g/mol. The van der Waals surface area contributed by atoms with Gasteiger partial charge in [-0.05, 0) is 54.1 Å². The number of aromatic nitrogens is 4. The highest BCUT2D eigenvalue weighted by atomic mass is 19.1. The fourth-order valence-corrected chi connectivity index (χ4v) is 2.97. The van der Waals surface area contributed by atoms with Crippen molar-refractivity contribution in [2.24, 2.45) is 0 Å². The molecule has 0 unspecified atom stereocenters. The highest BCUT2D eigenvalue weighted by Crippen LogP contribution is 2.25. The van der Waals surface area contributed by atoms with Gasteiger partial charge in [-0.2, -0.15) is 0 Å². The van der Waals surface area contributed by atoms with Gasteiger partial charge < -0.3 is 10.1 Å². The first-order chi connectivity index (χ1) is 14.7. The molecule has 1 amide bonds. The number of hydrogen-bond donors (Lipinski definition) is 1. The Morgan fingerprint density at radius 1 is 1.10 bits per heavy atom. The van der Waals surface area contributed by atoms with Crippen molar-refractivity contribution < 1.29 is 13.9 Å². The van der Waals surface area contributed by atoms with Crippen molar-refractivity contribution in [2.45, 2.75) is 6.54 Å². The third-order valence-electron chi connectivity index (χ3n) is 4.50. The summed E-state index contributed by atoms with van der Waals surface area (Å²) in [4.78, 5) is 17.0. The van der Waals surface area contributed by atoms with Crippen molar-refractivity contribution >= 4 is 5.91 Å². The largest absolute Gasteiger partial charge is 0.497 e. The number of rotatable bonds is 6. The molecular weight excluding hydrogens is 385 g/mol. The molecule has 0 fully saturated rings. The quantitative estimate of drug-likeness (QED) is 0.534. The normalized spacial score (nSPS) is 10.6. The Morgan fingerprint density at radius 2 is 1.87 bits per heavy atom. The minimum absolute atomic E-state index is 0.168. The lowest BCUT2D eigenvalue weighted by atomic mass is 10.1. The average Bonchev–Trinajstić information content (AvgIpc) is 3.24. The molecule has 4 aromatic rings. The number of carbonyl (C=O) groups is 1. The summed E-state index contributed by atoms with van der Waals surface area (Å²) in [5, 5.41) is 11.1. The summed E-state index contributed by atoms with van der Waals surface area (Å²) < 4.78 is 19.9. The van der Waals surface area contributed by atoms with Gasteiger partial charge in [-0.3, -0.25) is 9.78 Å². The molecule has 30 heavy (non-hydrogen) atoms. The summed E-state index contributed by atoms with van der Waals surface area (Å²) >= 11 is 0. The number of pyridine rings is 1. The number of nitrogens with one attached hydrogen (secondary N) is 1. The molecule has 0 aliphatic heterocycles. The number of amides is 1. The lowest BCUT2D eigenvalue weighted by molar-refractivity contribution is 0.0946. The fraction of sp³-hybridized carbons (Fsp3) is 0.0909. The molecule has 0 aliphatic carbocycles. The number of halogens is 1. The van der Waals surface area contributed by atoms with Gasteiger partial charge in [-0.25, -0.2) is 9.07 Å². The standard InChI is InChI=1S/C22H18FN5O2/c1-30-19-10-8-18(9-11-19)28-21(16-3-2-12-24-14-16)20(26-27-28)22(29)25-13-15-4-6-17(23)7-5-15/h2-12,14H,13H2,1H3,(H,25,29). The minimum atomic E-state index is -0.391. The Labute approximate surface area is 172 Å². The molecule has 2 aromatic carbocycles. The minimum Gasteiger partial charge on any atom is -0.497 e. The second kappa shape index (κ2) is 8.52. The van der Waals surface area contributed by atoms with Gasteiger partial charge in [0.15, 0.2) is 5.69 Å². The second-order valence-corrected chi connectivity index (χ2v) is 6.45. The van der Waals surface area contributed by atoms with E-state index in [2.05, 4.69) is 20.6 Å². The second-order valence-electron chi connectivity index (χ2n) is 6.45. The van der Waals surface area contributed by atoms with E-state index in [1.54, 1.807) is 54.5 Å². The lowest BCUT2D eigenvalue weighted by Gasteiger charge is -2.09. The van der Waals surface area contributed by atoms with Gasteiger partial charge in [0.25, 0.3) is 5.91 Å².